The average Bonchev–Trinajstić information content (AvgIpc) is 3.36. The summed E-state index contributed by atoms with van der Waals surface area (Å²) >= 11 is -2.34. The van der Waals surface area contributed by atoms with Crippen LogP contribution in [0, 0.1) is 23.7 Å². The van der Waals surface area contributed by atoms with E-state index in [0.717, 1.165) is 0 Å². The van der Waals surface area contributed by atoms with Crippen molar-refractivity contribution in [3.8, 4) is 0 Å². The van der Waals surface area contributed by atoms with Gasteiger partial charge >= 0.3 is 23.5 Å². The summed E-state index contributed by atoms with van der Waals surface area (Å²) in [5, 5.41) is 22.7. The molecule has 16 nitrogen and oxygen atoms in total. The van der Waals surface area contributed by atoms with Crippen LogP contribution >= 0.6 is 0 Å². The molecule has 0 saturated carbocycles. The molecule has 0 aromatic rings. The average molecular weight is 808 g/mol. The summed E-state index contributed by atoms with van der Waals surface area (Å²) in [6.45, 7) is 17.9. The van der Waals surface area contributed by atoms with Crippen LogP contribution in [-0.2, 0) is 62.4 Å². The first-order valence-corrected chi connectivity index (χ1v) is 20.7. The maximum atomic E-state index is 14.5. The zero-order valence-electron chi connectivity index (χ0n) is 34.6. The second kappa shape index (κ2) is 17.0. The van der Waals surface area contributed by atoms with Crippen molar-refractivity contribution in [1.82, 2.24) is 4.90 Å². The number of hydrogen-bond acceptors (Lipinski definition) is 16. The van der Waals surface area contributed by atoms with Crippen LogP contribution in [0.25, 0.3) is 0 Å². The molecule has 0 radical (unpaired) electrons. The third kappa shape index (κ3) is 8.77. The number of fused-ring (bicyclic) bond motifs is 4. The van der Waals surface area contributed by atoms with Crippen molar-refractivity contribution in [1.29, 1.82) is 0 Å². The molecule has 5 rings (SSSR count). The van der Waals surface area contributed by atoms with Crippen molar-refractivity contribution in [3.05, 3.63) is 0 Å². The van der Waals surface area contributed by atoms with Crippen molar-refractivity contribution in [2.24, 2.45) is 23.7 Å². The van der Waals surface area contributed by atoms with Gasteiger partial charge in [-0.15, -0.1) is 0 Å². The number of aliphatic hydroxyl groups is 2. The van der Waals surface area contributed by atoms with Crippen LogP contribution in [-0.4, -0.2) is 143 Å². The van der Waals surface area contributed by atoms with E-state index in [4.69, 9.17) is 46.3 Å². The molecule has 2 N–H and O–H groups in total. The lowest BCUT2D eigenvalue weighted by atomic mass is 9.73. The topological polar surface area (TPSA) is 187 Å². The Labute approximate surface area is 328 Å². The Morgan fingerprint density at radius 2 is 1.62 bits per heavy atom. The summed E-state index contributed by atoms with van der Waals surface area (Å²) < 4.78 is 76.2. The maximum Gasteiger partial charge on any atom is 0.509 e. The second-order valence-electron chi connectivity index (χ2n) is 17.4. The molecule has 0 spiro atoms. The molecule has 0 amide bonds. The lowest BCUT2D eigenvalue weighted by molar-refractivity contribution is -0.316. The highest BCUT2D eigenvalue weighted by atomic mass is 32.2. The molecule has 5 aliphatic rings. The minimum atomic E-state index is -2.34. The minimum absolute atomic E-state index is 0.116. The fourth-order valence-corrected chi connectivity index (χ4v) is 10.8. The molecule has 0 aromatic heterocycles. The molecule has 17 heteroatoms. The lowest BCUT2D eigenvalue weighted by Crippen LogP contribution is -2.61. The Balaban J connectivity index is 1.65. The molecule has 55 heavy (non-hydrogen) atoms. The number of nitrogens with zero attached hydrogens (tertiary/aromatic N) is 1. The van der Waals surface area contributed by atoms with E-state index in [1.807, 2.05) is 53.6 Å². The molecular formula is C38H65NO15S. The van der Waals surface area contributed by atoms with E-state index in [1.54, 1.807) is 34.6 Å². The molecule has 5 aliphatic heterocycles. The van der Waals surface area contributed by atoms with Gasteiger partial charge in [0.2, 0.25) is 0 Å². The molecule has 20 atom stereocenters. The standard InChI is InChI=1S/C38H65NO15S/c1-14-25-38(10)32(51-35(43)52-38)20(4)28-18(2)16-37(9,54-55(44)53-28)31(50-34-27(40)24(39(11)12)15-19(3)46-34)21(5)29(22(6)33(42)48-25)49-26-17-36(8,45-13)30(41)23(7)47-26/h18-32,34,40-41H,14-17H2,1-13H3/t18-,19-,20+,21+,22-,23-,24+,25+,26+,27-,28+,29-,30-,31-,32-,34+,36+,37+,38-,55?/m1/s1. The van der Waals surface area contributed by atoms with E-state index in [0.29, 0.717) is 6.42 Å². The number of rotatable bonds is 7. The number of cyclic esters (lactones) is 1. The number of esters is 1. The predicted octanol–water partition coefficient (Wildman–Crippen LogP) is 3.40. The van der Waals surface area contributed by atoms with Crippen LogP contribution in [0.4, 0.5) is 4.79 Å². The van der Waals surface area contributed by atoms with Crippen molar-refractivity contribution in [3.63, 3.8) is 0 Å². The first-order valence-electron chi connectivity index (χ1n) is 19.7. The number of aliphatic hydroxyl groups excluding tert-OH is 2. The molecular weight excluding hydrogens is 742 g/mol. The summed E-state index contributed by atoms with van der Waals surface area (Å²) in [7, 11) is 5.25. The zero-order chi connectivity index (χ0) is 40.9. The molecule has 5 fully saturated rings. The number of likely N-dealkylation sites (N-methyl/N-ethyl adjacent to an activating group) is 1. The zero-order valence-corrected chi connectivity index (χ0v) is 35.4. The smallest absolute Gasteiger partial charge is 0.458 e. The summed E-state index contributed by atoms with van der Waals surface area (Å²) in [5.74, 6) is -3.39. The van der Waals surface area contributed by atoms with Gasteiger partial charge in [-0.3, -0.25) is 13.2 Å². The van der Waals surface area contributed by atoms with Crippen LogP contribution in [0.2, 0.25) is 0 Å². The van der Waals surface area contributed by atoms with Crippen molar-refractivity contribution >= 4 is 23.5 Å². The van der Waals surface area contributed by atoms with Crippen LogP contribution in [0.1, 0.15) is 94.9 Å². The van der Waals surface area contributed by atoms with Gasteiger partial charge in [0.05, 0.1) is 42.0 Å². The monoisotopic (exact) mass is 807 g/mol. The first kappa shape index (κ1) is 44.6. The van der Waals surface area contributed by atoms with Gasteiger partial charge < -0.3 is 53.0 Å². The van der Waals surface area contributed by atoms with E-state index in [1.165, 1.54) is 7.11 Å². The summed E-state index contributed by atoms with van der Waals surface area (Å²) in [4.78, 5) is 29.2. The summed E-state index contributed by atoms with van der Waals surface area (Å²) in [6, 6.07) is -0.306. The summed E-state index contributed by atoms with van der Waals surface area (Å²) in [5.41, 5.74) is -3.87. The fraction of sp³-hybridized carbons (Fsp3) is 0.947. The molecule has 318 valence electrons. The number of carbonyl (C=O) groups excluding carboxylic acids is 2. The van der Waals surface area contributed by atoms with Crippen molar-refractivity contribution in [2.75, 3.05) is 21.2 Å². The largest absolute Gasteiger partial charge is 0.509 e. The second-order valence-corrected chi connectivity index (χ2v) is 18.2. The Morgan fingerprint density at radius 3 is 2.24 bits per heavy atom. The number of ether oxygens (including phenoxy) is 8. The maximum absolute atomic E-state index is 14.5. The quantitative estimate of drug-likeness (QED) is 0.356. The van der Waals surface area contributed by atoms with E-state index >= 15 is 0 Å². The van der Waals surface area contributed by atoms with Gasteiger partial charge in [0.1, 0.15) is 23.9 Å². The molecule has 5 heterocycles. The molecule has 2 bridgehead atoms. The Bertz CT molecular complexity index is 1390. The third-order valence-corrected chi connectivity index (χ3v) is 13.8. The van der Waals surface area contributed by atoms with Gasteiger partial charge in [-0.05, 0) is 80.8 Å². The van der Waals surface area contributed by atoms with Gasteiger partial charge in [0.15, 0.2) is 24.3 Å². The Hall–Kier alpha value is -1.51. The van der Waals surface area contributed by atoms with Gasteiger partial charge in [0.25, 0.3) is 0 Å². The Kier molecular flexibility index (Phi) is 13.8. The fourth-order valence-electron chi connectivity index (χ4n) is 9.70. The van der Waals surface area contributed by atoms with Crippen LogP contribution < -0.4 is 0 Å². The number of carbonyl (C=O) groups is 2. The lowest BCUT2D eigenvalue weighted by Gasteiger charge is -2.49. The third-order valence-electron chi connectivity index (χ3n) is 12.9. The van der Waals surface area contributed by atoms with Gasteiger partial charge in [-0.2, -0.15) is 4.21 Å². The van der Waals surface area contributed by atoms with Crippen LogP contribution in [0.5, 0.6) is 0 Å². The first-order chi connectivity index (χ1) is 25.6. The predicted molar refractivity (Wildman–Crippen MR) is 196 cm³/mol. The minimum Gasteiger partial charge on any atom is -0.458 e. The number of hydrogen-bond donors (Lipinski definition) is 2. The van der Waals surface area contributed by atoms with Gasteiger partial charge in [-0.1, -0.05) is 27.7 Å². The highest BCUT2D eigenvalue weighted by Crippen LogP contribution is 2.47. The van der Waals surface area contributed by atoms with E-state index < -0.39 is 119 Å². The van der Waals surface area contributed by atoms with Gasteiger partial charge in [-0.25, -0.2) is 4.79 Å². The Morgan fingerprint density at radius 1 is 0.945 bits per heavy atom. The van der Waals surface area contributed by atoms with Gasteiger partial charge in [0, 0.05) is 31.4 Å². The number of methoxy groups -OCH3 is 1. The van der Waals surface area contributed by atoms with Crippen molar-refractivity contribution < 1.29 is 70.3 Å². The SMILES string of the molecule is CC[C@@H]1OC(=O)[C@H](C)[C@H](O[C@H]2C[C@](C)(OC)[C@H](O)[C@@H](C)O2)[C@H](C)[C@@H](O[C@@H]2O[C@H](C)C[C@H](N(C)C)[C@H]2O)[C@]2(C)C[C@@H](C)[C@H](OS(=O)O2)[C@H](C)[C@H]2OC(=O)O[C@]12C. The normalized spacial score (nSPS) is 51.4. The van der Waals surface area contributed by atoms with Crippen molar-refractivity contribution in [2.45, 2.75) is 185 Å². The highest BCUT2D eigenvalue weighted by Gasteiger charge is 2.61. The molecule has 5 saturated heterocycles. The van der Waals surface area contributed by atoms with E-state index in [-0.39, 0.29) is 37.3 Å². The van der Waals surface area contributed by atoms with E-state index in [9.17, 15) is 24.0 Å². The molecule has 0 aliphatic carbocycles. The van der Waals surface area contributed by atoms with E-state index in [2.05, 4.69) is 0 Å². The van der Waals surface area contributed by atoms with Crippen LogP contribution in [0.15, 0.2) is 0 Å². The highest BCUT2D eigenvalue weighted by molar-refractivity contribution is 7.75. The summed E-state index contributed by atoms with van der Waals surface area (Å²) in [6.07, 6.45) is -9.64. The molecule has 0 aromatic carbocycles. The molecule has 1 unspecified atom stereocenters. The van der Waals surface area contributed by atoms with Crippen LogP contribution in [0.3, 0.4) is 0 Å².